The number of rotatable bonds is 4. The second-order valence-electron chi connectivity index (χ2n) is 4.64. The molecule has 2 aliphatic rings. The van der Waals surface area contributed by atoms with Crippen LogP contribution >= 0.6 is 0 Å². The first-order chi connectivity index (χ1) is 11.7. The van der Waals surface area contributed by atoms with Crippen molar-refractivity contribution < 1.29 is 38.7 Å². The normalized spacial score (nSPS) is 17.9. The summed E-state index contributed by atoms with van der Waals surface area (Å²) in [7, 11) is 3.94. The van der Waals surface area contributed by atoms with Gasteiger partial charge in [0.1, 0.15) is 0 Å². The molecule has 6 nitrogen and oxygen atoms in total. The summed E-state index contributed by atoms with van der Waals surface area (Å²) in [6.07, 6.45) is 5.24. The van der Waals surface area contributed by atoms with Gasteiger partial charge in [0.05, 0.1) is 0 Å². The zero-order valence-corrected chi connectivity index (χ0v) is 22.2. The van der Waals surface area contributed by atoms with Gasteiger partial charge in [-0.2, -0.15) is 0 Å². The van der Waals surface area contributed by atoms with Crippen LogP contribution in [0, 0.1) is 0 Å². The molecule has 8 heteroatoms. The molecule has 0 unspecified atom stereocenters. The van der Waals surface area contributed by atoms with Gasteiger partial charge in [-0.25, -0.2) is 0 Å². The van der Waals surface area contributed by atoms with Crippen LogP contribution < -0.4 is 21.5 Å². The molecule has 0 saturated carbocycles. The topological polar surface area (TPSA) is 54.6 Å². The zero-order valence-electron chi connectivity index (χ0n) is 16.4. The van der Waals surface area contributed by atoms with Crippen molar-refractivity contribution in [3.63, 3.8) is 0 Å². The van der Waals surface area contributed by atoms with Gasteiger partial charge in [0.25, 0.3) is 0 Å². The summed E-state index contributed by atoms with van der Waals surface area (Å²) in [4.78, 5) is 0. The maximum absolute atomic E-state index is 3.32. The molecule has 0 radical (unpaired) electrons. The molecule has 0 aromatic heterocycles. The minimum atomic E-state index is 1.12. The van der Waals surface area contributed by atoms with Crippen molar-refractivity contribution in [2.24, 2.45) is 0 Å². The Morgan fingerprint density at radius 3 is 1.25 bits per heavy atom. The molecule has 0 aromatic carbocycles. The van der Waals surface area contributed by atoms with Gasteiger partial charge >= 0.3 is 144 Å². The third-order valence-electron chi connectivity index (χ3n) is 3.14. The van der Waals surface area contributed by atoms with E-state index in [2.05, 4.69) is 31.5 Å². The molecule has 2 fully saturated rings. The zero-order chi connectivity index (χ0) is 18.8. The monoisotopic (exact) mass is 682 g/mol. The van der Waals surface area contributed by atoms with Crippen LogP contribution in [0.5, 0.6) is 0 Å². The fourth-order valence-corrected chi connectivity index (χ4v) is 3.11. The molecule has 0 atom stereocenters. The van der Waals surface area contributed by atoms with E-state index in [4.69, 9.17) is 0 Å². The summed E-state index contributed by atoms with van der Waals surface area (Å²) in [5.41, 5.74) is 6.65. The van der Waals surface area contributed by atoms with Crippen LogP contribution in [0.4, 0.5) is 0 Å². The first kappa shape index (κ1) is 27.1. The molecule has 2 aliphatic heterocycles. The van der Waals surface area contributed by atoms with Crippen molar-refractivity contribution in [1.29, 1.82) is 0 Å². The molecule has 144 valence electrons. The molecule has 2 saturated heterocycles. The Kier molecular flexibility index (Phi) is 22.8. The number of nitrogens with one attached hydrogen (secondary N) is 4. The van der Waals surface area contributed by atoms with Gasteiger partial charge in [0.15, 0.2) is 0 Å². The first-order valence-electron chi connectivity index (χ1n) is 9.14. The van der Waals surface area contributed by atoms with Gasteiger partial charge in [0, 0.05) is 0 Å². The summed E-state index contributed by atoms with van der Waals surface area (Å²) in [5, 5.41) is 10.7. The fraction of sp³-hybridized carbons (Fsp3) is 0.875. The van der Waals surface area contributed by atoms with Gasteiger partial charge in [0.2, 0.25) is 0 Å². The maximum atomic E-state index is 3.32. The molecule has 24 heavy (non-hydrogen) atoms. The molecule has 0 amide bonds. The summed E-state index contributed by atoms with van der Waals surface area (Å²) in [6, 6.07) is 0. The molecular weight excluding hydrogens is 644 g/mol. The van der Waals surface area contributed by atoms with Crippen LogP contribution in [-0.4, -0.2) is 58.6 Å². The van der Waals surface area contributed by atoms with Crippen LogP contribution in [0.15, 0.2) is 0 Å². The predicted octanol–water partition coefficient (Wildman–Crippen LogP) is 0.933. The number of nitrogens with zero attached hydrogens (tertiary/aromatic N) is 2. The average Bonchev–Trinajstić information content (AvgIpc) is 2.71. The molecule has 2 rings (SSSR count). The minimum absolute atomic E-state index is 1.12. The van der Waals surface area contributed by atoms with Crippen LogP contribution in [0.25, 0.3) is 0 Å². The number of hydrogen-bond donors (Lipinski definition) is 4. The summed E-state index contributed by atoms with van der Waals surface area (Å²) in [6.45, 7) is 12.6. The Morgan fingerprint density at radius 1 is 0.708 bits per heavy atom. The van der Waals surface area contributed by atoms with Crippen LogP contribution in [0.2, 0.25) is 0 Å². The van der Waals surface area contributed by atoms with E-state index in [1.807, 2.05) is 41.8 Å². The SMILES string of the molecule is CC.CC.CN[C](=[W])N1CCCCN1.CN[C](=[W])N1CCCCN1. The van der Waals surface area contributed by atoms with E-state index in [9.17, 15) is 0 Å². The number of hydrazine groups is 2. The first-order valence-corrected chi connectivity index (χ1v) is 12.1. The molecule has 2 heterocycles. The van der Waals surface area contributed by atoms with Crippen LogP contribution in [-0.2, 0) is 38.7 Å². The van der Waals surface area contributed by atoms with E-state index in [0.717, 1.165) is 26.2 Å². The van der Waals surface area contributed by atoms with Crippen molar-refractivity contribution in [3.05, 3.63) is 0 Å². The average molecular weight is 682 g/mol. The molecule has 0 bridgehead atoms. The predicted molar refractivity (Wildman–Crippen MR) is 98.7 cm³/mol. The third-order valence-corrected chi connectivity index (χ3v) is 6.19. The van der Waals surface area contributed by atoms with Crippen LogP contribution in [0.3, 0.4) is 0 Å². The summed E-state index contributed by atoms with van der Waals surface area (Å²) < 4.78 is 2.58. The van der Waals surface area contributed by atoms with E-state index in [-0.39, 0.29) is 0 Å². The summed E-state index contributed by atoms with van der Waals surface area (Å²) in [5.74, 6) is 0. The quantitative estimate of drug-likeness (QED) is 0.355. The van der Waals surface area contributed by atoms with E-state index in [1.54, 1.807) is 0 Å². The van der Waals surface area contributed by atoms with Crippen LogP contribution in [0.1, 0.15) is 53.4 Å². The van der Waals surface area contributed by atoms with Crippen molar-refractivity contribution in [2.75, 3.05) is 40.3 Å². The standard InChI is InChI=1S/2C6H13N3.2C2H6.2W/c2*1-7-6-9-5-3-2-4-8-9;2*1-2;;/h2*7-8H,2-5H2,1H3;2*1-2H3;;. The van der Waals surface area contributed by atoms with Gasteiger partial charge in [-0.1, -0.05) is 27.7 Å². The summed E-state index contributed by atoms with van der Waals surface area (Å²) >= 11 is 2.98. The Bertz CT molecular complexity index is 273. The Hall–Kier alpha value is 0.877. The molecule has 0 aliphatic carbocycles. The van der Waals surface area contributed by atoms with Gasteiger partial charge in [-0.15, -0.1) is 0 Å². The van der Waals surface area contributed by atoms with E-state index >= 15 is 0 Å². The molecule has 4 N–H and O–H groups in total. The number of hydrogen-bond acceptors (Lipinski definition) is 6. The molecule has 0 aromatic rings. The van der Waals surface area contributed by atoms with Gasteiger partial charge in [-0.3, -0.25) is 0 Å². The Morgan fingerprint density at radius 2 is 1.04 bits per heavy atom. The van der Waals surface area contributed by atoms with E-state index in [0.29, 0.717) is 0 Å². The van der Waals surface area contributed by atoms with Crippen molar-refractivity contribution >= 4 is 8.29 Å². The van der Waals surface area contributed by atoms with E-state index < -0.39 is 0 Å². The second-order valence-corrected chi connectivity index (χ2v) is 7.42. The Balaban J connectivity index is 0. The third kappa shape index (κ3) is 13.1. The molecular formula is C16H38N6W2. The second kappa shape index (κ2) is 20.2. The van der Waals surface area contributed by atoms with Gasteiger partial charge < -0.3 is 0 Å². The van der Waals surface area contributed by atoms with E-state index in [1.165, 1.54) is 72.7 Å². The van der Waals surface area contributed by atoms with Gasteiger partial charge in [-0.05, 0) is 0 Å². The van der Waals surface area contributed by atoms with Crippen molar-refractivity contribution in [1.82, 2.24) is 31.5 Å². The Labute approximate surface area is 171 Å². The van der Waals surface area contributed by atoms with Crippen molar-refractivity contribution in [2.45, 2.75) is 53.4 Å². The van der Waals surface area contributed by atoms with Crippen molar-refractivity contribution in [3.8, 4) is 0 Å². The fourth-order valence-electron chi connectivity index (χ4n) is 1.99. The molecule has 0 spiro atoms.